The maximum Gasteiger partial charge on any atom is 0.223 e. The standard InChI is InChI=1S/C9H12N2OS/c1-6(12)10-9-11-7-4-2-3-5-8(7)13-9/h2-5H2,1H3,(H,10,11,12). The quantitative estimate of drug-likeness (QED) is 0.746. The van der Waals surface area contributed by atoms with Crippen LogP contribution in [-0.2, 0) is 17.6 Å². The molecule has 1 heterocycles. The zero-order valence-corrected chi connectivity index (χ0v) is 8.41. The van der Waals surface area contributed by atoms with Gasteiger partial charge >= 0.3 is 0 Å². The summed E-state index contributed by atoms with van der Waals surface area (Å²) in [6, 6.07) is 0. The number of nitrogens with one attached hydrogen (secondary N) is 1. The van der Waals surface area contributed by atoms with Gasteiger partial charge in [0, 0.05) is 11.8 Å². The Balaban J connectivity index is 2.20. The highest BCUT2D eigenvalue weighted by atomic mass is 32.1. The second-order valence-corrected chi connectivity index (χ2v) is 4.36. The van der Waals surface area contributed by atoms with Gasteiger partial charge in [-0.05, 0) is 25.7 Å². The summed E-state index contributed by atoms with van der Waals surface area (Å²) in [4.78, 5) is 16.5. The van der Waals surface area contributed by atoms with Crippen LogP contribution in [0.4, 0.5) is 5.13 Å². The summed E-state index contributed by atoms with van der Waals surface area (Å²) in [5.74, 6) is -0.0360. The van der Waals surface area contributed by atoms with E-state index in [1.807, 2.05) is 0 Å². The first-order valence-corrected chi connectivity index (χ1v) is 5.33. The molecule has 2 rings (SSSR count). The number of anilines is 1. The van der Waals surface area contributed by atoms with Crippen LogP contribution < -0.4 is 5.32 Å². The molecule has 0 saturated heterocycles. The molecule has 0 spiro atoms. The number of fused-ring (bicyclic) bond motifs is 1. The molecule has 1 N–H and O–H groups in total. The van der Waals surface area contributed by atoms with Gasteiger partial charge in [-0.15, -0.1) is 11.3 Å². The van der Waals surface area contributed by atoms with Crippen LogP contribution >= 0.6 is 11.3 Å². The number of amides is 1. The Labute approximate surface area is 81.2 Å². The number of nitrogens with zero attached hydrogens (tertiary/aromatic N) is 1. The zero-order chi connectivity index (χ0) is 9.26. The van der Waals surface area contributed by atoms with Crippen molar-refractivity contribution in [2.75, 3.05) is 5.32 Å². The Morgan fingerprint density at radius 1 is 1.46 bits per heavy atom. The molecule has 1 aromatic rings. The second kappa shape index (κ2) is 3.46. The van der Waals surface area contributed by atoms with Gasteiger partial charge in [-0.1, -0.05) is 0 Å². The molecule has 0 radical (unpaired) electrons. The van der Waals surface area contributed by atoms with Crippen molar-refractivity contribution in [2.45, 2.75) is 32.6 Å². The van der Waals surface area contributed by atoms with Crippen LogP contribution in [-0.4, -0.2) is 10.9 Å². The molecule has 1 aliphatic rings. The molecule has 1 aromatic heterocycles. The van der Waals surface area contributed by atoms with Crippen LogP contribution in [0.1, 0.15) is 30.3 Å². The molecule has 0 aliphatic heterocycles. The molecule has 0 bridgehead atoms. The van der Waals surface area contributed by atoms with E-state index in [0.717, 1.165) is 18.0 Å². The molecule has 0 fully saturated rings. The molecule has 1 amide bonds. The number of thiazole rings is 1. The fourth-order valence-electron chi connectivity index (χ4n) is 1.56. The van der Waals surface area contributed by atoms with Crippen molar-refractivity contribution < 1.29 is 4.79 Å². The molecule has 70 valence electrons. The van der Waals surface area contributed by atoms with Gasteiger partial charge in [-0.3, -0.25) is 4.79 Å². The van der Waals surface area contributed by atoms with E-state index in [0.29, 0.717) is 0 Å². The number of rotatable bonds is 1. The van der Waals surface area contributed by atoms with Crippen molar-refractivity contribution in [3.8, 4) is 0 Å². The first-order chi connectivity index (χ1) is 6.25. The maximum atomic E-state index is 10.8. The van der Waals surface area contributed by atoms with Crippen molar-refractivity contribution in [3.05, 3.63) is 10.6 Å². The van der Waals surface area contributed by atoms with Crippen LogP contribution in [0, 0.1) is 0 Å². The molecule has 3 nitrogen and oxygen atoms in total. The second-order valence-electron chi connectivity index (χ2n) is 3.28. The van der Waals surface area contributed by atoms with E-state index in [1.54, 1.807) is 11.3 Å². The summed E-state index contributed by atoms with van der Waals surface area (Å²) in [5, 5.41) is 3.49. The van der Waals surface area contributed by atoms with Crippen molar-refractivity contribution >= 4 is 22.4 Å². The average molecular weight is 196 g/mol. The fraction of sp³-hybridized carbons (Fsp3) is 0.556. The monoisotopic (exact) mass is 196 g/mol. The van der Waals surface area contributed by atoms with Crippen molar-refractivity contribution in [1.29, 1.82) is 0 Å². The lowest BCUT2D eigenvalue weighted by atomic mass is 10.0. The predicted molar refractivity (Wildman–Crippen MR) is 53.1 cm³/mol. The minimum absolute atomic E-state index is 0.0360. The van der Waals surface area contributed by atoms with Crippen LogP contribution in [0.2, 0.25) is 0 Å². The Hall–Kier alpha value is -0.900. The van der Waals surface area contributed by atoms with Gasteiger partial charge in [-0.2, -0.15) is 0 Å². The predicted octanol–water partition coefficient (Wildman–Crippen LogP) is 1.98. The van der Waals surface area contributed by atoms with E-state index in [2.05, 4.69) is 10.3 Å². The van der Waals surface area contributed by atoms with E-state index in [-0.39, 0.29) is 5.91 Å². The molecule has 1 aliphatic carbocycles. The average Bonchev–Trinajstić information content (AvgIpc) is 2.44. The van der Waals surface area contributed by atoms with Gasteiger partial charge in [0.15, 0.2) is 5.13 Å². The highest BCUT2D eigenvalue weighted by Gasteiger charge is 2.15. The lowest BCUT2D eigenvalue weighted by Crippen LogP contribution is -2.05. The third-order valence-corrected chi connectivity index (χ3v) is 3.20. The van der Waals surface area contributed by atoms with E-state index in [9.17, 15) is 4.79 Å². The number of carbonyl (C=O) groups is 1. The van der Waals surface area contributed by atoms with Gasteiger partial charge in [-0.25, -0.2) is 4.98 Å². The Kier molecular flexibility index (Phi) is 2.31. The topological polar surface area (TPSA) is 42.0 Å². The summed E-state index contributed by atoms with van der Waals surface area (Å²) in [5.41, 5.74) is 1.19. The largest absolute Gasteiger partial charge is 0.302 e. The lowest BCUT2D eigenvalue weighted by Gasteiger charge is -2.06. The number of hydrogen-bond acceptors (Lipinski definition) is 3. The van der Waals surface area contributed by atoms with Crippen LogP contribution in [0.25, 0.3) is 0 Å². The highest BCUT2D eigenvalue weighted by Crippen LogP contribution is 2.29. The van der Waals surface area contributed by atoms with Crippen molar-refractivity contribution in [2.24, 2.45) is 0 Å². The van der Waals surface area contributed by atoms with Crippen LogP contribution in [0.5, 0.6) is 0 Å². The Morgan fingerprint density at radius 2 is 2.23 bits per heavy atom. The summed E-state index contributed by atoms with van der Waals surface area (Å²) in [7, 11) is 0. The fourth-order valence-corrected chi connectivity index (χ4v) is 2.65. The van der Waals surface area contributed by atoms with Gasteiger partial charge in [0.2, 0.25) is 5.91 Å². The molecule has 13 heavy (non-hydrogen) atoms. The molecule has 4 heteroatoms. The van der Waals surface area contributed by atoms with Gasteiger partial charge < -0.3 is 5.32 Å². The smallest absolute Gasteiger partial charge is 0.223 e. The first-order valence-electron chi connectivity index (χ1n) is 4.52. The third kappa shape index (κ3) is 1.88. The summed E-state index contributed by atoms with van der Waals surface area (Å²) in [6.45, 7) is 1.51. The minimum Gasteiger partial charge on any atom is -0.302 e. The maximum absolute atomic E-state index is 10.8. The number of carbonyl (C=O) groups excluding carboxylic acids is 1. The summed E-state index contributed by atoms with van der Waals surface area (Å²) in [6.07, 6.45) is 4.70. The van der Waals surface area contributed by atoms with Crippen molar-refractivity contribution in [3.63, 3.8) is 0 Å². The molecular formula is C9H12N2OS. The van der Waals surface area contributed by atoms with Gasteiger partial charge in [0.1, 0.15) is 0 Å². The van der Waals surface area contributed by atoms with E-state index >= 15 is 0 Å². The van der Waals surface area contributed by atoms with E-state index in [4.69, 9.17) is 0 Å². The third-order valence-electron chi connectivity index (χ3n) is 2.13. The SMILES string of the molecule is CC(=O)Nc1nc2c(s1)CCCC2. The van der Waals surface area contributed by atoms with Crippen molar-refractivity contribution in [1.82, 2.24) is 4.98 Å². The molecular weight excluding hydrogens is 184 g/mol. The first kappa shape index (κ1) is 8.69. The van der Waals surface area contributed by atoms with E-state index < -0.39 is 0 Å². The molecule has 0 unspecified atom stereocenters. The van der Waals surface area contributed by atoms with Crippen LogP contribution in [0.15, 0.2) is 0 Å². The number of aryl methyl sites for hydroxylation is 2. The lowest BCUT2D eigenvalue weighted by molar-refractivity contribution is -0.114. The van der Waals surface area contributed by atoms with E-state index in [1.165, 1.54) is 30.3 Å². The number of aromatic nitrogens is 1. The molecule has 0 aromatic carbocycles. The molecule has 0 saturated carbocycles. The zero-order valence-electron chi connectivity index (χ0n) is 7.59. The Morgan fingerprint density at radius 3 is 2.92 bits per heavy atom. The molecule has 0 atom stereocenters. The summed E-state index contributed by atoms with van der Waals surface area (Å²) < 4.78 is 0. The van der Waals surface area contributed by atoms with Crippen LogP contribution in [0.3, 0.4) is 0 Å². The van der Waals surface area contributed by atoms with Gasteiger partial charge in [0.05, 0.1) is 5.69 Å². The number of hydrogen-bond donors (Lipinski definition) is 1. The summed E-state index contributed by atoms with van der Waals surface area (Å²) >= 11 is 1.62. The normalized spacial score (nSPS) is 15.2. The van der Waals surface area contributed by atoms with Gasteiger partial charge in [0.25, 0.3) is 0 Å². The Bertz CT molecular complexity index is 309. The minimum atomic E-state index is -0.0360. The highest BCUT2D eigenvalue weighted by molar-refractivity contribution is 7.15.